The van der Waals surface area contributed by atoms with Gasteiger partial charge in [0.2, 0.25) is 0 Å². The van der Waals surface area contributed by atoms with Gasteiger partial charge in [-0.05, 0) is 49.8 Å². The number of ether oxygens (including phenoxy) is 2. The molecule has 1 saturated heterocycles. The summed E-state index contributed by atoms with van der Waals surface area (Å²) in [6.07, 6.45) is 2.84. The van der Waals surface area contributed by atoms with E-state index in [1.54, 1.807) is 13.2 Å². The number of rotatable bonds is 6. The van der Waals surface area contributed by atoms with E-state index in [9.17, 15) is 20.1 Å². The van der Waals surface area contributed by atoms with Crippen molar-refractivity contribution in [2.45, 2.75) is 55.3 Å². The molecule has 5 aliphatic rings. The molecule has 4 N–H and O–H groups in total. The van der Waals surface area contributed by atoms with Crippen molar-refractivity contribution >= 4 is 5.91 Å². The number of nitrogens with zero attached hydrogens (tertiary/aromatic N) is 1. The number of carbonyl (C=O) groups is 1. The van der Waals surface area contributed by atoms with Crippen LogP contribution in [0.1, 0.15) is 36.8 Å². The Morgan fingerprint density at radius 1 is 1.34 bits per heavy atom. The van der Waals surface area contributed by atoms with Crippen LogP contribution in [0.4, 0.5) is 0 Å². The number of phenols is 1. The molecule has 8 nitrogen and oxygen atoms in total. The van der Waals surface area contributed by atoms with Gasteiger partial charge in [-0.25, -0.2) is 0 Å². The average molecular weight is 443 g/mol. The Kier molecular flexibility index (Phi) is 4.35. The number of nitrogens with one attached hydrogen (secondary N) is 1. The Morgan fingerprint density at radius 3 is 2.91 bits per heavy atom. The third-order valence-corrected chi connectivity index (χ3v) is 8.38. The lowest BCUT2D eigenvalue weighted by Crippen LogP contribution is -2.75. The first-order valence-corrected chi connectivity index (χ1v) is 11.6. The molecule has 6 rings (SSSR count). The molecule has 4 atom stereocenters. The molecule has 2 aliphatic heterocycles. The zero-order chi connectivity index (χ0) is 22.3. The average Bonchev–Trinajstić information content (AvgIpc) is 3.51. The van der Waals surface area contributed by atoms with E-state index >= 15 is 0 Å². The summed E-state index contributed by atoms with van der Waals surface area (Å²) in [5.74, 6) is 0.469. The molecule has 3 aliphatic carbocycles. The van der Waals surface area contributed by atoms with E-state index in [2.05, 4.69) is 10.2 Å². The summed E-state index contributed by atoms with van der Waals surface area (Å²) >= 11 is 0. The Morgan fingerprint density at radius 2 is 2.16 bits per heavy atom. The number of carbonyl (C=O) groups excluding carboxylic acids is 1. The lowest BCUT2D eigenvalue weighted by molar-refractivity contribution is -0.172. The summed E-state index contributed by atoms with van der Waals surface area (Å²) < 4.78 is 11.2. The predicted octanol–water partition coefficient (Wildman–Crippen LogP) is 1.14. The molecule has 0 aromatic heterocycles. The molecule has 172 valence electrons. The van der Waals surface area contributed by atoms with Gasteiger partial charge >= 0.3 is 0 Å². The topological polar surface area (TPSA) is 111 Å². The lowest BCUT2D eigenvalue weighted by atomic mass is 9.49. The van der Waals surface area contributed by atoms with Crippen LogP contribution in [0.2, 0.25) is 0 Å². The van der Waals surface area contributed by atoms with Crippen molar-refractivity contribution in [3.05, 3.63) is 34.6 Å². The summed E-state index contributed by atoms with van der Waals surface area (Å²) in [5.41, 5.74) is -0.122. The van der Waals surface area contributed by atoms with Gasteiger partial charge in [0.05, 0.1) is 23.2 Å². The van der Waals surface area contributed by atoms with Crippen molar-refractivity contribution in [2.24, 2.45) is 5.92 Å². The van der Waals surface area contributed by atoms with Crippen molar-refractivity contribution in [1.82, 2.24) is 10.2 Å². The molecular weight excluding hydrogens is 412 g/mol. The Bertz CT molecular complexity index is 1020. The summed E-state index contributed by atoms with van der Waals surface area (Å²) in [6.45, 7) is 2.40. The second-order valence-electron chi connectivity index (χ2n) is 10.0. The van der Waals surface area contributed by atoms with Crippen LogP contribution >= 0.6 is 0 Å². The normalized spacial score (nSPS) is 34.8. The fourth-order valence-electron chi connectivity index (χ4n) is 6.74. The zero-order valence-electron chi connectivity index (χ0n) is 18.3. The maximum absolute atomic E-state index is 13.0. The number of likely N-dealkylation sites (tertiary alicyclic amines) is 1. The molecule has 32 heavy (non-hydrogen) atoms. The highest BCUT2D eigenvalue weighted by atomic mass is 16.5. The van der Waals surface area contributed by atoms with Gasteiger partial charge in [0.1, 0.15) is 5.76 Å². The largest absolute Gasteiger partial charge is 0.508 e. The first-order valence-electron chi connectivity index (χ1n) is 11.6. The Balaban J connectivity index is 1.48. The van der Waals surface area contributed by atoms with Crippen LogP contribution in [-0.2, 0) is 21.4 Å². The van der Waals surface area contributed by atoms with Crippen molar-refractivity contribution in [2.75, 3.05) is 33.4 Å². The van der Waals surface area contributed by atoms with Crippen LogP contribution < -0.4 is 10.1 Å². The van der Waals surface area contributed by atoms with Gasteiger partial charge in [-0.2, -0.15) is 0 Å². The van der Waals surface area contributed by atoms with Crippen molar-refractivity contribution in [3.63, 3.8) is 0 Å². The van der Waals surface area contributed by atoms with E-state index in [-0.39, 0.29) is 29.5 Å². The van der Waals surface area contributed by atoms with Gasteiger partial charge in [0, 0.05) is 38.2 Å². The molecule has 2 fully saturated rings. The quantitative estimate of drug-likeness (QED) is 0.489. The minimum atomic E-state index is -1.28. The monoisotopic (exact) mass is 442 g/mol. The van der Waals surface area contributed by atoms with Gasteiger partial charge in [-0.15, -0.1) is 0 Å². The SMILES string of the molecule is COCCNC(=O)C1=C(O)[C@@H]2Oc3c(O)ccc4c3[C@@]23CCN(CC2CC2)[C@H](C4)[C@]3(O)C1. The van der Waals surface area contributed by atoms with Gasteiger partial charge in [-0.3, -0.25) is 9.69 Å². The zero-order valence-corrected chi connectivity index (χ0v) is 18.3. The second kappa shape index (κ2) is 6.85. The maximum Gasteiger partial charge on any atom is 0.250 e. The Hall–Kier alpha value is -2.29. The number of methoxy groups -OCH3 is 1. The van der Waals surface area contributed by atoms with Crippen LogP contribution in [0.5, 0.6) is 11.5 Å². The van der Waals surface area contributed by atoms with Crippen LogP contribution in [0.15, 0.2) is 23.5 Å². The highest BCUT2D eigenvalue weighted by Crippen LogP contribution is 2.66. The fourth-order valence-corrected chi connectivity index (χ4v) is 6.74. The number of phenolic OH excluding ortho intramolecular Hbond substituents is 1. The van der Waals surface area contributed by atoms with E-state index in [4.69, 9.17) is 9.47 Å². The molecule has 1 amide bonds. The number of aliphatic hydroxyl groups is 2. The summed E-state index contributed by atoms with van der Waals surface area (Å²) in [6, 6.07) is 3.37. The van der Waals surface area contributed by atoms with Crippen LogP contribution in [0, 0.1) is 5.92 Å². The van der Waals surface area contributed by atoms with E-state index in [1.165, 1.54) is 12.8 Å². The predicted molar refractivity (Wildman–Crippen MR) is 115 cm³/mol. The number of benzene rings is 1. The standard InChI is InChI=1S/C24H30N2O6/c1-31-9-7-25-22(29)15-11-24(30)17-10-14-4-5-16(27)20-18(14)23(24,21(32-20)19(15)28)6-8-26(17)12-13-2-3-13/h4-5,13,17,21,27-28,30H,2-3,6-12H2,1H3,(H,25,29)/t17-,21+,23+,24-/m1/s1. The summed E-state index contributed by atoms with van der Waals surface area (Å²) in [4.78, 5) is 15.4. The number of aromatic hydroxyl groups is 1. The van der Waals surface area contributed by atoms with E-state index in [0.717, 1.165) is 24.2 Å². The van der Waals surface area contributed by atoms with Crippen LogP contribution in [0.3, 0.4) is 0 Å². The minimum Gasteiger partial charge on any atom is -0.508 e. The molecule has 1 aromatic carbocycles. The number of piperidine rings is 1. The third-order valence-electron chi connectivity index (χ3n) is 8.38. The summed E-state index contributed by atoms with van der Waals surface area (Å²) in [5, 5.41) is 37.1. The first kappa shape index (κ1) is 20.3. The number of aliphatic hydroxyl groups excluding tert-OH is 1. The molecule has 8 heteroatoms. The molecule has 2 heterocycles. The fraction of sp³-hybridized carbons (Fsp3) is 0.625. The summed E-state index contributed by atoms with van der Waals surface area (Å²) in [7, 11) is 1.56. The van der Waals surface area contributed by atoms with Crippen molar-refractivity contribution in [1.29, 1.82) is 0 Å². The molecular formula is C24H30N2O6. The smallest absolute Gasteiger partial charge is 0.250 e. The van der Waals surface area contributed by atoms with Crippen LogP contribution in [0.25, 0.3) is 0 Å². The molecule has 2 bridgehead atoms. The van der Waals surface area contributed by atoms with Gasteiger partial charge in [0.25, 0.3) is 5.91 Å². The number of hydrogen-bond acceptors (Lipinski definition) is 7. The van der Waals surface area contributed by atoms with Gasteiger partial charge in [-0.1, -0.05) is 6.07 Å². The highest BCUT2D eigenvalue weighted by Gasteiger charge is 2.73. The minimum absolute atomic E-state index is 0.00707. The van der Waals surface area contributed by atoms with Crippen molar-refractivity contribution < 1.29 is 29.6 Å². The molecule has 1 aromatic rings. The number of amides is 1. The molecule has 1 spiro atoms. The van der Waals surface area contributed by atoms with Crippen LogP contribution in [-0.4, -0.2) is 77.2 Å². The van der Waals surface area contributed by atoms with Gasteiger partial charge in [0.15, 0.2) is 17.6 Å². The van der Waals surface area contributed by atoms with E-state index in [1.807, 2.05) is 6.07 Å². The second-order valence-corrected chi connectivity index (χ2v) is 10.0. The van der Waals surface area contributed by atoms with E-state index in [0.29, 0.717) is 37.7 Å². The Labute approximate surface area is 186 Å². The van der Waals surface area contributed by atoms with Gasteiger partial charge < -0.3 is 30.1 Å². The third kappa shape index (κ3) is 2.51. The molecule has 0 unspecified atom stereocenters. The van der Waals surface area contributed by atoms with Crippen molar-refractivity contribution in [3.8, 4) is 11.5 Å². The maximum atomic E-state index is 13.0. The first-order chi connectivity index (χ1) is 15.4. The van der Waals surface area contributed by atoms with E-state index < -0.39 is 23.0 Å². The molecule has 0 radical (unpaired) electrons. The lowest BCUT2D eigenvalue weighted by Gasteiger charge is -2.62. The molecule has 1 saturated carbocycles. The highest BCUT2D eigenvalue weighted by molar-refractivity contribution is 5.95. The number of hydrogen-bond donors (Lipinski definition) is 4.